The molecule has 0 aliphatic carbocycles. The van der Waals surface area contributed by atoms with Gasteiger partial charge in [-0.05, 0) is 48.7 Å². The van der Waals surface area contributed by atoms with Gasteiger partial charge in [-0.1, -0.05) is 30.3 Å². The summed E-state index contributed by atoms with van der Waals surface area (Å²) in [5.74, 6) is 0.796. The molecule has 28 heavy (non-hydrogen) atoms. The Hall–Kier alpha value is -2.28. The van der Waals surface area contributed by atoms with E-state index < -0.39 is 0 Å². The third-order valence-electron chi connectivity index (χ3n) is 4.53. The van der Waals surface area contributed by atoms with Gasteiger partial charge in [0.2, 0.25) is 0 Å². The minimum atomic E-state index is -0.0678. The fraction of sp³-hybridized carbons (Fsp3) is 0.227. The maximum atomic E-state index is 12.7. The first-order valence-electron chi connectivity index (χ1n) is 9.18. The Morgan fingerprint density at radius 2 is 2.07 bits per heavy atom. The lowest BCUT2D eigenvalue weighted by atomic mass is 10.1. The average Bonchev–Trinajstić information content (AvgIpc) is 3.05. The van der Waals surface area contributed by atoms with Crippen LogP contribution in [0.3, 0.4) is 0 Å². The molecule has 1 aliphatic heterocycles. The molecule has 2 heterocycles. The molecule has 0 saturated heterocycles. The van der Waals surface area contributed by atoms with Crippen molar-refractivity contribution in [2.45, 2.75) is 31.9 Å². The molecule has 0 atom stereocenters. The zero-order chi connectivity index (χ0) is 19.5. The van der Waals surface area contributed by atoms with Crippen LogP contribution in [0.1, 0.15) is 33.3 Å². The molecule has 1 aromatic heterocycles. The van der Waals surface area contributed by atoms with Crippen molar-refractivity contribution in [3.05, 3.63) is 70.1 Å². The van der Waals surface area contributed by atoms with E-state index in [-0.39, 0.29) is 5.91 Å². The average molecular weight is 412 g/mol. The molecule has 0 saturated carbocycles. The Morgan fingerprint density at radius 1 is 1.21 bits per heavy atom. The number of benzene rings is 2. The Morgan fingerprint density at radius 3 is 2.93 bits per heavy atom. The van der Waals surface area contributed by atoms with Crippen molar-refractivity contribution in [1.82, 2.24) is 5.32 Å². The molecule has 0 radical (unpaired) electrons. The Balaban J connectivity index is 1.51. The van der Waals surface area contributed by atoms with Crippen LogP contribution in [0.5, 0.6) is 5.75 Å². The quantitative estimate of drug-likeness (QED) is 0.556. The van der Waals surface area contributed by atoms with Crippen LogP contribution in [-0.4, -0.2) is 12.5 Å². The van der Waals surface area contributed by atoms with Gasteiger partial charge in [0.05, 0.1) is 18.1 Å². The third kappa shape index (κ3) is 3.94. The van der Waals surface area contributed by atoms with E-state index in [4.69, 9.17) is 8.92 Å². The Kier molecular flexibility index (Phi) is 5.71. The van der Waals surface area contributed by atoms with Crippen molar-refractivity contribution in [2.75, 3.05) is 6.61 Å². The van der Waals surface area contributed by atoms with Gasteiger partial charge in [-0.2, -0.15) is 0 Å². The number of carbonyl (C=O) groups excluding carboxylic acids is 1. The SMILES string of the molecule is CCOc1cc(CNC(=O)c2cc3c(s2)-c2ccccc2SOC3)ccc1C. The van der Waals surface area contributed by atoms with Gasteiger partial charge < -0.3 is 14.2 Å². The largest absolute Gasteiger partial charge is 0.494 e. The highest BCUT2D eigenvalue weighted by Crippen LogP contribution is 2.42. The van der Waals surface area contributed by atoms with Crippen molar-refractivity contribution < 1.29 is 13.7 Å². The van der Waals surface area contributed by atoms with Crippen LogP contribution in [0.15, 0.2) is 53.4 Å². The first-order valence-corrected chi connectivity index (χ1v) is 10.7. The number of thiophene rings is 1. The summed E-state index contributed by atoms with van der Waals surface area (Å²) in [6, 6.07) is 16.1. The number of nitrogens with one attached hydrogen (secondary N) is 1. The minimum absolute atomic E-state index is 0.0678. The number of amides is 1. The topological polar surface area (TPSA) is 47.6 Å². The van der Waals surface area contributed by atoms with Gasteiger partial charge in [0.1, 0.15) is 5.75 Å². The highest BCUT2D eigenvalue weighted by molar-refractivity contribution is 7.94. The molecular weight excluding hydrogens is 390 g/mol. The first kappa shape index (κ1) is 19.1. The molecule has 2 aromatic carbocycles. The number of fused-ring (bicyclic) bond motifs is 3. The van der Waals surface area contributed by atoms with Crippen LogP contribution in [0, 0.1) is 6.92 Å². The number of rotatable bonds is 5. The van der Waals surface area contributed by atoms with E-state index in [0.717, 1.165) is 37.8 Å². The summed E-state index contributed by atoms with van der Waals surface area (Å²) in [5, 5.41) is 3.02. The van der Waals surface area contributed by atoms with E-state index in [1.54, 1.807) is 0 Å². The molecule has 0 fully saturated rings. The van der Waals surface area contributed by atoms with Gasteiger partial charge in [-0.3, -0.25) is 4.79 Å². The molecular formula is C22H21NO3S2. The standard InChI is InChI=1S/C22H21NO3S2/c1-3-25-18-10-15(9-8-14(18)2)12-23-22(24)20-11-16-13-26-28-19-7-5-4-6-17(19)21(16)27-20/h4-11H,3,12-13H2,1-2H3,(H,23,24). The van der Waals surface area contributed by atoms with Crippen molar-refractivity contribution in [1.29, 1.82) is 0 Å². The monoisotopic (exact) mass is 411 g/mol. The molecule has 0 unspecified atom stereocenters. The summed E-state index contributed by atoms with van der Waals surface area (Å²) in [5.41, 5.74) is 4.30. The second-order valence-electron chi connectivity index (χ2n) is 6.52. The molecule has 1 amide bonds. The van der Waals surface area contributed by atoms with Crippen molar-refractivity contribution >= 4 is 29.3 Å². The predicted octanol–water partition coefficient (Wildman–Crippen LogP) is 5.59. The molecule has 6 heteroatoms. The molecule has 4 nitrogen and oxygen atoms in total. The van der Waals surface area contributed by atoms with Crippen LogP contribution in [0.2, 0.25) is 0 Å². The number of ether oxygens (including phenoxy) is 1. The summed E-state index contributed by atoms with van der Waals surface area (Å²) in [6.07, 6.45) is 0. The maximum Gasteiger partial charge on any atom is 0.261 e. The van der Waals surface area contributed by atoms with Crippen LogP contribution in [0.25, 0.3) is 10.4 Å². The molecule has 1 aliphatic rings. The lowest BCUT2D eigenvalue weighted by Crippen LogP contribution is -2.21. The van der Waals surface area contributed by atoms with Gasteiger partial charge in [0.15, 0.2) is 0 Å². The zero-order valence-corrected chi connectivity index (χ0v) is 17.4. The van der Waals surface area contributed by atoms with E-state index in [1.807, 2.05) is 56.3 Å². The molecule has 144 valence electrons. The van der Waals surface area contributed by atoms with E-state index in [1.165, 1.54) is 23.4 Å². The molecule has 0 spiro atoms. The van der Waals surface area contributed by atoms with Crippen LogP contribution in [-0.2, 0) is 17.3 Å². The highest BCUT2D eigenvalue weighted by Gasteiger charge is 2.21. The van der Waals surface area contributed by atoms with Gasteiger partial charge in [0, 0.05) is 33.9 Å². The van der Waals surface area contributed by atoms with Crippen LogP contribution in [0.4, 0.5) is 0 Å². The number of carbonyl (C=O) groups is 1. The fourth-order valence-corrected chi connectivity index (χ4v) is 4.99. The van der Waals surface area contributed by atoms with E-state index in [9.17, 15) is 4.79 Å². The number of hydrogen-bond donors (Lipinski definition) is 1. The summed E-state index contributed by atoms with van der Waals surface area (Å²) in [4.78, 5) is 15.6. The predicted molar refractivity (Wildman–Crippen MR) is 114 cm³/mol. The minimum Gasteiger partial charge on any atom is -0.494 e. The van der Waals surface area contributed by atoms with Crippen molar-refractivity contribution in [3.63, 3.8) is 0 Å². The van der Waals surface area contributed by atoms with Gasteiger partial charge >= 0.3 is 0 Å². The molecule has 0 bridgehead atoms. The number of aryl methyl sites for hydroxylation is 1. The summed E-state index contributed by atoms with van der Waals surface area (Å²) < 4.78 is 11.3. The van der Waals surface area contributed by atoms with Gasteiger partial charge in [-0.15, -0.1) is 11.3 Å². The summed E-state index contributed by atoms with van der Waals surface area (Å²) >= 11 is 2.91. The lowest BCUT2D eigenvalue weighted by molar-refractivity contribution is 0.0955. The van der Waals surface area contributed by atoms with Crippen LogP contribution < -0.4 is 10.1 Å². The van der Waals surface area contributed by atoms with Gasteiger partial charge in [-0.25, -0.2) is 0 Å². The normalized spacial score (nSPS) is 12.6. The van der Waals surface area contributed by atoms with E-state index >= 15 is 0 Å². The molecule has 3 aromatic rings. The highest BCUT2D eigenvalue weighted by atomic mass is 32.2. The first-order chi connectivity index (χ1) is 13.7. The lowest BCUT2D eigenvalue weighted by Gasteiger charge is -2.10. The Labute approximate surface area is 173 Å². The van der Waals surface area contributed by atoms with Crippen molar-refractivity contribution in [3.8, 4) is 16.2 Å². The van der Waals surface area contributed by atoms with Crippen LogP contribution >= 0.6 is 23.4 Å². The molecule has 1 N–H and O–H groups in total. The number of hydrogen-bond acceptors (Lipinski definition) is 5. The second-order valence-corrected chi connectivity index (χ2v) is 8.42. The fourth-order valence-electron chi connectivity index (χ4n) is 3.09. The zero-order valence-electron chi connectivity index (χ0n) is 15.8. The second kappa shape index (κ2) is 8.39. The van der Waals surface area contributed by atoms with Crippen molar-refractivity contribution in [2.24, 2.45) is 0 Å². The third-order valence-corrected chi connectivity index (χ3v) is 6.51. The van der Waals surface area contributed by atoms with E-state index in [0.29, 0.717) is 24.6 Å². The van der Waals surface area contributed by atoms with E-state index in [2.05, 4.69) is 11.4 Å². The summed E-state index contributed by atoms with van der Waals surface area (Å²) in [6.45, 7) is 5.57. The van der Waals surface area contributed by atoms with Gasteiger partial charge in [0.25, 0.3) is 5.91 Å². The smallest absolute Gasteiger partial charge is 0.261 e. The molecule has 4 rings (SSSR count). The Bertz CT molecular complexity index is 1010. The maximum absolute atomic E-state index is 12.7. The summed E-state index contributed by atoms with van der Waals surface area (Å²) in [7, 11) is 0.